The number of carbonyl (C=O) groups excluding carboxylic acids is 1. The van der Waals surface area contributed by atoms with Crippen LogP contribution in [0, 0.1) is 17.8 Å². The van der Waals surface area contributed by atoms with Gasteiger partial charge in [0.25, 0.3) is 0 Å². The molecule has 2 aliphatic heterocycles. The monoisotopic (exact) mass is 468 g/mol. The van der Waals surface area contributed by atoms with Gasteiger partial charge in [0.05, 0.1) is 26.2 Å². The third-order valence-corrected chi connectivity index (χ3v) is 4.91. The van der Waals surface area contributed by atoms with Crippen LogP contribution in [0.15, 0.2) is 4.99 Å². The number of esters is 1. The summed E-state index contributed by atoms with van der Waals surface area (Å²) < 4.78 is 10.3. The number of rotatable bonds is 5. The minimum Gasteiger partial charge on any atom is -0.469 e. The lowest BCUT2D eigenvalue weighted by Crippen LogP contribution is -2.45. The summed E-state index contributed by atoms with van der Waals surface area (Å²) in [5.41, 5.74) is 0. The Kier molecular flexibility index (Phi) is 10.0. The predicted octanol–water partition coefficient (Wildman–Crippen LogP) is 0.889. The molecule has 3 unspecified atom stereocenters. The molecule has 1 N–H and O–H groups in total. The highest BCUT2D eigenvalue weighted by Gasteiger charge is 2.36. The Hall–Kier alpha value is -0.610. The van der Waals surface area contributed by atoms with Crippen LogP contribution in [0.4, 0.5) is 0 Å². The van der Waals surface area contributed by atoms with Gasteiger partial charge in [-0.1, -0.05) is 13.8 Å². The van der Waals surface area contributed by atoms with Gasteiger partial charge in [0, 0.05) is 46.3 Å². The summed E-state index contributed by atoms with van der Waals surface area (Å²) in [5.74, 6) is 1.49. The summed E-state index contributed by atoms with van der Waals surface area (Å²) in [6, 6.07) is 0. The molecule has 0 bridgehead atoms. The molecule has 0 radical (unpaired) electrons. The molecule has 25 heavy (non-hydrogen) atoms. The summed E-state index contributed by atoms with van der Waals surface area (Å²) in [5, 5.41) is 3.46. The van der Waals surface area contributed by atoms with E-state index in [-0.39, 0.29) is 41.8 Å². The predicted molar refractivity (Wildman–Crippen MR) is 109 cm³/mol. The van der Waals surface area contributed by atoms with Gasteiger partial charge in [-0.05, 0) is 11.8 Å². The lowest BCUT2D eigenvalue weighted by molar-refractivity contribution is -0.145. The Bertz CT molecular complexity index is 444. The molecule has 146 valence electrons. The van der Waals surface area contributed by atoms with Crippen LogP contribution >= 0.6 is 24.0 Å². The maximum absolute atomic E-state index is 11.8. The van der Waals surface area contributed by atoms with Crippen molar-refractivity contribution in [3.05, 3.63) is 0 Å². The highest BCUT2D eigenvalue weighted by Crippen LogP contribution is 2.24. The highest BCUT2D eigenvalue weighted by atomic mass is 127. The number of aliphatic imine (C=N–C) groups is 1. The van der Waals surface area contributed by atoms with Crippen LogP contribution in [0.2, 0.25) is 0 Å². The fourth-order valence-corrected chi connectivity index (χ4v) is 3.48. The molecule has 0 aromatic carbocycles. The molecule has 0 aliphatic carbocycles. The Balaban J connectivity index is 0.00000312. The van der Waals surface area contributed by atoms with Gasteiger partial charge >= 0.3 is 5.97 Å². The fourth-order valence-electron chi connectivity index (χ4n) is 3.48. The summed E-state index contributed by atoms with van der Waals surface area (Å²) >= 11 is 0. The van der Waals surface area contributed by atoms with Gasteiger partial charge in [-0.15, -0.1) is 24.0 Å². The lowest BCUT2D eigenvalue weighted by Gasteiger charge is -2.30. The Morgan fingerprint density at radius 1 is 1.36 bits per heavy atom. The number of nitrogens with one attached hydrogen (secondary N) is 1. The van der Waals surface area contributed by atoms with Gasteiger partial charge in [-0.2, -0.15) is 0 Å². The normalized spacial score (nSPS) is 26.1. The van der Waals surface area contributed by atoms with Crippen LogP contribution < -0.4 is 5.32 Å². The minimum atomic E-state index is -0.124. The second-order valence-electron chi connectivity index (χ2n) is 6.96. The largest absolute Gasteiger partial charge is 0.469 e. The van der Waals surface area contributed by atoms with E-state index in [1.807, 2.05) is 0 Å². The second kappa shape index (κ2) is 11.2. The number of hydrogen-bond donors (Lipinski definition) is 1. The first kappa shape index (κ1) is 22.4. The zero-order chi connectivity index (χ0) is 17.5. The van der Waals surface area contributed by atoms with Crippen molar-refractivity contribution in [2.24, 2.45) is 22.7 Å². The second-order valence-corrected chi connectivity index (χ2v) is 6.96. The van der Waals surface area contributed by atoms with Crippen molar-refractivity contribution in [3.63, 3.8) is 0 Å². The van der Waals surface area contributed by atoms with E-state index in [9.17, 15) is 4.79 Å². The summed E-state index contributed by atoms with van der Waals surface area (Å²) in [6.45, 7) is 11.5. The van der Waals surface area contributed by atoms with Crippen molar-refractivity contribution >= 4 is 35.9 Å². The Morgan fingerprint density at radius 3 is 2.64 bits per heavy atom. The first-order valence-corrected chi connectivity index (χ1v) is 8.88. The van der Waals surface area contributed by atoms with Crippen molar-refractivity contribution in [1.82, 2.24) is 15.1 Å². The molecule has 0 saturated carbocycles. The van der Waals surface area contributed by atoms with Crippen molar-refractivity contribution < 1.29 is 14.3 Å². The summed E-state index contributed by atoms with van der Waals surface area (Å²) in [6.07, 6.45) is 0. The summed E-state index contributed by atoms with van der Waals surface area (Å²) in [4.78, 5) is 20.8. The van der Waals surface area contributed by atoms with Gasteiger partial charge in [0.15, 0.2) is 5.96 Å². The number of halogens is 1. The van der Waals surface area contributed by atoms with E-state index in [2.05, 4.69) is 34.0 Å². The van der Waals surface area contributed by atoms with Gasteiger partial charge in [0.2, 0.25) is 0 Å². The van der Waals surface area contributed by atoms with Crippen LogP contribution in [-0.2, 0) is 14.3 Å². The molecule has 2 heterocycles. The molecule has 8 heteroatoms. The van der Waals surface area contributed by atoms with Crippen molar-refractivity contribution in [2.45, 2.75) is 13.8 Å². The molecule has 2 rings (SSSR count). The van der Waals surface area contributed by atoms with Gasteiger partial charge in [-0.3, -0.25) is 14.7 Å². The SMILES string of the molecule is CN=C(NCC(C)CN1CCOCC1)N1CC(C)C(C(=O)OC)C1.I. The standard InChI is InChI=1S/C17H32N4O3.HI/c1-13(10-20-5-7-24-8-6-20)9-19-17(18-3)21-11-14(2)15(12-21)16(22)23-4;/h13-15H,5-12H2,1-4H3,(H,18,19);1H. The molecule has 0 aromatic heterocycles. The number of carbonyl (C=O) groups is 1. The number of methoxy groups -OCH3 is 1. The smallest absolute Gasteiger partial charge is 0.310 e. The van der Waals surface area contributed by atoms with Crippen molar-refractivity contribution in [3.8, 4) is 0 Å². The van der Waals surface area contributed by atoms with Crippen LogP contribution in [-0.4, -0.2) is 88.4 Å². The quantitative estimate of drug-likeness (QED) is 0.280. The van der Waals surface area contributed by atoms with E-state index in [1.54, 1.807) is 7.05 Å². The van der Waals surface area contributed by atoms with E-state index in [4.69, 9.17) is 9.47 Å². The number of guanidine groups is 1. The molecular weight excluding hydrogens is 435 g/mol. The molecule has 2 aliphatic rings. The lowest BCUT2D eigenvalue weighted by atomic mass is 9.99. The molecule has 0 amide bonds. The van der Waals surface area contributed by atoms with Crippen LogP contribution in [0.3, 0.4) is 0 Å². The van der Waals surface area contributed by atoms with Gasteiger partial charge < -0.3 is 19.7 Å². The van der Waals surface area contributed by atoms with Crippen LogP contribution in [0.1, 0.15) is 13.8 Å². The van der Waals surface area contributed by atoms with Crippen LogP contribution in [0.25, 0.3) is 0 Å². The maximum Gasteiger partial charge on any atom is 0.310 e. The van der Waals surface area contributed by atoms with E-state index >= 15 is 0 Å². The van der Waals surface area contributed by atoms with E-state index < -0.39 is 0 Å². The zero-order valence-electron chi connectivity index (χ0n) is 15.9. The molecule has 0 aromatic rings. The number of hydrogen-bond acceptors (Lipinski definition) is 5. The first-order chi connectivity index (χ1) is 11.5. The van der Waals surface area contributed by atoms with Gasteiger partial charge in [0.1, 0.15) is 0 Å². The number of morpholine rings is 1. The van der Waals surface area contributed by atoms with E-state index in [1.165, 1.54) is 7.11 Å². The van der Waals surface area contributed by atoms with Crippen molar-refractivity contribution in [2.75, 3.05) is 66.6 Å². The zero-order valence-corrected chi connectivity index (χ0v) is 18.2. The Labute approximate surface area is 168 Å². The average Bonchev–Trinajstić information content (AvgIpc) is 2.97. The third-order valence-electron chi connectivity index (χ3n) is 4.91. The van der Waals surface area contributed by atoms with Gasteiger partial charge in [-0.25, -0.2) is 0 Å². The van der Waals surface area contributed by atoms with E-state index in [0.29, 0.717) is 12.5 Å². The third kappa shape index (κ3) is 6.56. The topological polar surface area (TPSA) is 66.4 Å². The number of likely N-dealkylation sites (tertiary alicyclic amines) is 1. The van der Waals surface area contributed by atoms with Crippen LogP contribution in [0.5, 0.6) is 0 Å². The number of nitrogens with zero attached hydrogens (tertiary/aromatic N) is 3. The first-order valence-electron chi connectivity index (χ1n) is 8.88. The fraction of sp³-hybridized carbons (Fsp3) is 0.882. The highest BCUT2D eigenvalue weighted by molar-refractivity contribution is 14.0. The molecule has 2 fully saturated rings. The summed E-state index contributed by atoms with van der Waals surface area (Å²) in [7, 11) is 3.25. The minimum absolute atomic E-state index is 0. The molecule has 7 nitrogen and oxygen atoms in total. The van der Waals surface area contributed by atoms with Crippen molar-refractivity contribution in [1.29, 1.82) is 0 Å². The number of ether oxygens (including phenoxy) is 2. The Morgan fingerprint density at radius 2 is 2.04 bits per heavy atom. The molecule has 0 spiro atoms. The van der Waals surface area contributed by atoms with E-state index in [0.717, 1.165) is 51.9 Å². The molecule has 2 saturated heterocycles. The maximum atomic E-state index is 11.8. The molecular formula is C17H33IN4O3. The average molecular weight is 468 g/mol. The molecule has 3 atom stereocenters.